The van der Waals surface area contributed by atoms with Crippen LogP contribution in [0.5, 0.6) is 0 Å². The van der Waals surface area contributed by atoms with Crippen molar-refractivity contribution < 1.29 is 84.4 Å². The summed E-state index contributed by atoms with van der Waals surface area (Å²) in [5.74, 6) is 0. The standard InChI is InChI=1S/Ce.3NO3.5H2O/c;3*2-1(3)4;;;;;/h;;;;5*1H2/q+3;3*-1;;;;;. The van der Waals surface area contributed by atoms with Gasteiger partial charge < -0.3 is 73.3 Å². The summed E-state index contributed by atoms with van der Waals surface area (Å²) >= 11 is 0. The maximum absolute atomic E-state index is 8.25. The molecule has 10 N–H and O–H groups in total. The molecule has 0 unspecified atom stereocenters. The minimum Gasteiger partial charge on any atom is -0.412 e. The average molecular weight is 416 g/mol. The molecule has 0 amide bonds. The van der Waals surface area contributed by atoms with E-state index in [1.807, 2.05) is 0 Å². The SMILES string of the molecule is O.O.O.O.O.O=[N+]([O-])[O-].O=[N+]([O-])[O-].O=[N+]([O-])[O-].[Ce+3]. The second-order valence-electron chi connectivity index (χ2n) is 0.671. The molecular formula is H10CeN3O14. The predicted octanol–water partition coefficient (Wildman–Crippen LogP) is -4.84. The van der Waals surface area contributed by atoms with Gasteiger partial charge in [-0.25, -0.2) is 0 Å². The number of rotatable bonds is 0. The molecule has 0 heterocycles. The molecule has 0 fully saturated rings. The van der Waals surface area contributed by atoms with Crippen molar-refractivity contribution >= 4 is 0 Å². The summed E-state index contributed by atoms with van der Waals surface area (Å²) in [7, 11) is 0. The van der Waals surface area contributed by atoms with Gasteiger partial charge in [0.2, 0.25) is 0 Å². The van der Waals surface area contributed by atoms with Crippen molar-refractivity contribution in [1.82, 2.24) is 0 Å². The molecule has 0 saturated heterocycles. The third-order valence-electron chi connectivity index (χ3n) is 0. The Kier molecular flexibility index (Phi) is 219. The fourth-order valence-corrected chi connectivity index (χ4v) is 0. The monoisotopic (exact) mass is 416 g/mol. The van der Waals surface area contributed by atoms with Gasteiger partial charge in [-0.1, -0.05) is 0 Å². The molecule has 18 heavy (non-hydrogen) atoms. The van der Waals surface area contributed by atoms with E-state index in [1.54, 1.807) is 0 Å². The van der Waals surface area contributed by atoms with E-state index in [2.05, 4.69) is 0 Å². The topological polar surface area (TPSA) is 356 Å². The zero-order chi connectivity index (χ0) is 10.7. The first-order valence-electron chi connectivity index (χ1n) is 1.64. The summed E-state index contributed by atoms with van der Waals surface area (Å²) in [5.41, 5.74) is 0. The maximum Gasteiger partial charge on any atom is 3.00 e. The Balaban J connectivity index is -0.00000000827. The van der Waals surface area contributed by atoms with E-state index in [-0.39, 0.29) is 69.1 Å². The van der Waals surface area contributed by atoms with Crippen molar-refractivity contribution in [2.45, 2.75) is 0 Å². The normalized spacial score (nSPS) is 4.00. The molecule has 0 aromatic carbocycles. The molecule has 0 aromatic heterocycles. The third kappa shape index (κ3) is 1870. The van der Waals surface area contributed by atoms with Gasteiger partial charge in [0.1, 0.15) is 0 Å². The molecule has 18 heteroatoms. The molecule has 0 rings (SSSR count). The first kappa shape index (κ1) is 69.0. The van der Waals surface area contributed by atoms with Crippen molar-refractivity contribution in [2.24, 2.45) is 0 Å². The fraction of sp³-hybridized carbons (Fsp3) is 0. The first-order chi connectivity index (χ1) is 5.20. The van der Waals surface area contributed by atoms with E-state index in [0.29, 0.717) is 0 Å². The largest absolute Gasteiger partial charge is 3.00 e. The van der Waals surface area contributed by atoms with E-state index < -0.39 is 15.3 Å². The number of hydrogen-bond donors (Lipinski definition) is 0. The van der Waals surface area contributed by atoms with E-state index >= 15 is 0 Å². The van der Waals surface area contributed by atoms with E-state index in [4.69, 9.17) is 46.0 Å². The Morgan fingerprint density at radius 1 is 0.444 bits per heavy atom. The number of hydrogen-bond acceptors (Lipinski definition) is 9. The van der Waals surface area contributed by atoms with E-state index in [0.717, 1.165) is 0 Å². The quantitative estimate of drug-likeness (QED) is 0.269. The summed E-state index contributed by atoms with van der Waals surface area (Å²) in [4.78, 5) is 24.8. The van der Waals surface area contributed by atoms with Crippen LogP contribution in [0.15, 0.2) is 0 Å². The van der Waals surface area contributed by atoms with Crippen LogP contribution >= 0.6 is 0 Å². The van der Waals surface area contributed by atoms with Crippen LogP contribution in [-0.4, -0.2) is 42.6 Å². The maximum atomic E-state index is 8.25. The molecule has 0 aromatic rings. The second kappa shape index (κ2) is 57.0. The van der Waals surface area contributed by atoms with Crippen LogP contribution in [0, 0.1) is 87.7 Å². The van der Waals surface area contributed by atoms with Gasteiger partial charge in [-0.15, -0.1) is 0 Å². The van der Waals surface area contributed by atoms with Gasteiger partial charge in [-0.2, -0.15) is 0 Å². The van der Waals surface area contributed by atoms with Crippen LogP contribution in [0.3, 0.4) is 0 Å². The Morgan fingerprint density at radius 3 is 0.444 bits per heavy atom. The molecule has 0 spiro atoms. The van der Waals surface area contributed by atoms with Crippen LogP contribution in [0.4, 0.5) is 0 Å². The fourth-order valence-electron chi connectivity index (χ4n) is 0. The minimum absolute atomic E-state index is 0. The van der Waals surface area contributed by atoms with E-state index in [9.17, 15) is 0 Å². The summed E-state index contributed by atoms with van der Waals surface area (Å²) in [5, 5.41) is 44.2. The van der Waals surface area contributed by atoms with Crippen LogP contribution in [-0.2, 0) is 0 Å². The van der Waals surface area contributed by atoms with Crippen LogP contribution in [0.1, 0.15) is 0 Å². The Morgan fingerprint density at radius 2 is 0.444 bits per heavy atom. The van der Waals surface area contributed by atoms with Gasteiger partial charge in [-0.3, -0.25) is 0 Å². The molecule has 0 aliphatic rings. The molecule has 0 aliphatic heterocycles. The van der Waals surface area contributed by atoms with Gasteiger partial charge in [0.05, 0.1) is 15.3 Å². The Bertz CT molecular complexity index is 115. The van der Waals surface area contributed by atoms with Crippen molar-refractivity contribution in [3.05, 3.63) is 46.0 Å². The summed E-state index contributed by atoms with van der Waals surface area (Å²) in [6, 6.07) is 0. The Hall–Kier alpha value is -1.22. The summed E-state index contributed by atoms with van der Waals surface area (Å²) < 4.78 is 0. The predicted molar refractivity (Wildman–Crippen MR) is 49.2 cm³/mol. The average Bonchev–Trinajstić information content (AvgIpc) is 1.54. The van der Waals surface area contributed by atoms with E-state index in [1.165, 1.54) is 0 Å². The molecule has 0 bridgehead atoms. The third-order valence-corrected chi connectivity index (χ3v) is 0. The van der Waals surface area contributed by atoms with Crippen LogP contribution in [0.2, 0.25) is 0 Å². The van der Waals surface area contributed by atoms with Crippen molar-refractivity contribution in [2.75, 3.05) is 0 Å². The van der Waals surface area contributed by atoms with Gasteiger partial charge >= 0.3 is 41.7 Å². The molecular weight excluding hydrogens is 406 g/mol. The molecule has 17 nitrogen and oxygen atoms in total. The molecule has 0 saturated carbocycles. The summed E-state index contributed by atoms with van der Waals surface area (Å²) in [6.45, 7) is 0. The number of nitrogens with zero attached hydrogens (tertiary/aromatic N) is 3. The van der Waals surface area contributed by atoms with Gasteiger partial charge in [0.25, 0.3) is 0 Å². The van der Waals surface area contributed by atoms with Crippen LogP contribution in [0.25, 0.3) is 0 Å². The van der Waals surface area contributed by atoms with Crippen molar-refractivity contribution in [3.63, 3.8) is 0 Å². The summed E-state index contributed by atoms with van der Waals surface area (Å²) in [6.07, 6.45) is 0. The smallest absolute Gasteiger partial charge is 0.412 e. The minimum atomic E-state index is -1.75. The van der Waals surface area contributed by atoms with Crippen molar-refractivity contribution in [1.29, 1.82) is 0 Å². The molecule has 0 atom stereocenters. The molecule has 1 radical (unpaired) electrons. The van der Waals surface area contributed by atoms with Crippen molar-refractivity contribution in [3.8, 4) is 0 Å². The van der Waals surface area contributed by atoms with Gasteiger partial charge in [0.15, 0.2) is 0 Å². The molecule has 0 aliphatic carbocycles. The zero-order valence-corrected chi connectivity index (χ0v) is 11.2. The Labute approximate surface area is 130 Å². The first-order valence-corrected chi connectivity index (χ1v) is 1.64. The van der Waals surface area contributed by atoms with Crippen LogP contribution < -0.4 is 0 Å². The van der Waals surface area contributed by atoms with Gasteiger partial charge in [0, 0.05) is 0 Å². The second-order valence-corrected chi connectivity index (χ2v) is 0.671. The van der Waals surface area contributed by atoms with Gasteiger partial charge in [-0.05, 0) is 0 Å². The zero-order valence-electron chi connectivity index (χ0n) is 8.02. The molecule has 113 valence electrons.